The molecule has 3 N–H and O–H groups in total. The predicted octanol–water partition coefficient (Wildman–Crippen LogP) is 2.29. The van der Waals surface area contributed by atoms with E-state index in [1.165, 1.54) is 0 Å². The van der Waals surface area contributed by atoms with Crippen molar-refractivity contribution in [2.24, 2.45) is 5.73 Å². The van der Waals surface area contributed by atoms with Gasteiger partial charge in [-0.15, -0.1) is 11.6 Å². The van der Waals surface area contributed by atoms with E-state index in [4.69, 9.17) is 22.1 Å². The van der Waals surface area contributed by atoms with Crippen molar-refractivity contribution in [3.8, 4) is 5.75 Å². The van der Waals surface area contributed by atoms with Crippen LogP contribution in [0.5, 0.6) is 5.75 Å². The number of unbranched alkanes of at least 4 members (excludes halogenated alkanes) is 1. The minimum atomic E-state index is -0.397. The summed E-state index contributed by atoms with van der Waals surface area (Å²) in [6.07, 6.45) is 2.26. The number of amides is 2. The molecule has 0 aliphatic heterocycles. The molecule has 1 rings (SSSR count). The molecule has 20 heavy (non-hydrogen) atoms. The lowest BCUT2D eigenvalue weighted by molar-refractivity contribution is -0.118. The second-order valence-corrected chi connectivity index (χ2v) is 4.66. The highest BCUT2D eigenvalue weighted by molar-refractivity contribution is 6.17. The van der Waals surface area contributed by atoms with Crippen LogP contribution < -0.4 is 15.8 Å². The van der Waals surface area contributed by atoms with Crippen LogP contribution in [0, 0.1) is 0 Å². The molecular formula is C14H19ClN2O3. The van der Waals surface area contributed by atoms with Gasteiger partial charge in [-0.2, -0.15) is 0 Å². The highest BCUT2D eigenvalue weighted by atomic mass is 35.5. The Labute approximate surface area is 123 Å². The van der Waals surface area contributed by atoms with Crippen molar-refractivity contribution in [3.05, 3.63) is 24.3 Å². The SMILES string of the molecule is NC(=O)CCOc1ccc(NC(=O)CCCCCl)cc1. The van der Waals surface area contributed by atoms with E-state index in [1.807, 2.05) is 0 Å². The molecule has 0 atom stereocenters. The number of hydrogen-bond acceptors (Lipinski definition) is 3. The van der Waals surface area contributed by atoms with E-state index < -0.39 is 5.91 Å². The molecule has 5 nitrogen and oxygen atoms in total. The first-order valence-corrected chi connectivity index (χ1v) is 7.02. The van der Waals surface area contributed by atoms with E-state index in [0.717, 1.165) is 12.8 Å². The number of halogens is 1. The standard InChI is InChI=1S/C14H19ClN2O3/c15-9-2-1-3-14(19)17-11-4-6-12(7-5-11)20-10-8-13(16)18/h4-7H,1-3,8-10H2,(H2,16,18)(H,17,19). The Morgan fingerprint density at radius 1 is 1.15 bits per heavy atom. The minimum absolute atomic E-state index is 0.0301. The van der Waals surface area contributed by atoms with Crippen molar-refractivity contribution in [1.82, 2.24) is 0 Å². The van der Waals surface area contributed by atoms with Gasteiger partial charge in [-0.3, -0.25) is 9.59 Å². The van der Waals surface area contributed by atoms with E-state index in [0.29, 0.717) is 23.7 Å². The minimum Gasteiger partial charge on any atom is -0.493 e. The number of ether oxygens (including phenoxy) is 1. The summed E-state index contributed by atoms with van der Waals surface area (Å²) >= 11 is 5.55. The molecule has 0 fully saturated rings. The van der Waals surface area contributed by atoms with Gasteiger partial charge in [0.2, 0.25) is 11.8 Å². The average Bonchev–Trinajstić information content (AvgIpc) is 2.41. The molecule has 1 aromatic rings. The third kappa shape index (κ3) is 6.99. The van der Waals surface area contributed by atoms with Crippen molar-refractivity contribution < 1.29 is 14.3 Å². The van der Waals surface area contributed by atoms with E-state index in [9.17, 15) is 9.59 Å². The van der Waals surface area contributed by atoms with Crippen LogP contribution in [0.1, 0.15) is 25.7 Å². The molecule has 6 heteroatoms. The molecule has 0 aliphatic rings. The molecule has 0 spiro atoms. The molecule has 0 saturated carbocycles. The van der Waals surface area contributed by atoms with E-state index in [2.05, 4.69) is 5.32 Å². The zero-order valence-electron chi connectivity index (χ0n) is 11.2. The lowest BCUT2D eigenvalue weighted by atomic mass is 10.2. The molecule has 0 saturated heterocycles. The van der Waals surface area contributed by atoms with E-state index in [-0.39, 0.29) is 18.9 Å². The van der Waals surface area contributed by atoms with Crippen molar-refractivity contribution in [3.63, 3.8) is 0 Å². The van der Waals surface area contributed by atoms with Gasteiger partial charge in [0.15, 0.2) is 0 Å². The highest BCUT2D eigenvalue weighted by Crippen LogP contribution is 2.16. The van der Waals surface area contributed by atoms with Gasteiger partial charge in [-0.25, -0.2) is 0 Å². The maximum atomic E-state index is 11.6. The number of primary amides is 1. The summed E-state index contributed by atoms with van der Waals surface area (Å²) in [5.74, 6) is 0.777. The van der Waals surface area contributed by atoms with Gasteiger partial charge in [0.25, 0.3) is 0 Å². The Morgan fingerprint density at radius 3 is 2.45 bits per heavy atom. The van der Waals surface area contributed by atoms with Crippen LogP contribution in [0.15, 0.2) is 24.3 Å². The van der Waals surface area contributed by atoms with E-state index >= 15 is 0 Å². The van der Waals surface area contributed by atoms with Gasteiger partial charge in [0.05, 0.1) is 13.0 Å². The quantitative estimate of drug-likeness (QED) is 0.542. The molecule has 1 aromatic carbocycles. The van der Waals surface area contributed by atoms with Crippen LogP contribution in [-0.2, 0) is 9.59 Å². The second-order valence-electron chi connectivity index (χ2n) is 4.28. The van der Waals surface area contributed by atoms with Gasteiger partial charge < -0.3 is 15.8 Å². The summed E-state index contributed by atoms with van der Waals surface area (Å²) in [4.78, 5) is 22.1. The Hall–Kier alpha value is -1.75. The largest absolute Gasteiger partial charge is 0.493 e. The highest BCUT2D eigenvalue weighted by Gasteiger charge is 2.02. The Balaban J connectivity index is 2.34. The topological polar surface area (TPSA) is 81.4 Å². The summed E-state index contributed by atoms with van der Waals surface area (Å²) in [6, 6.07) is 6.96. The maximum absolute atomic E-state index is 11.6. The smallest absolute Gasteiger partial charge is 0.224 e. The molecule has 0 heterocycles. The number of anilines is 1. The number of nitrogens with one attached hydrogen (secondary N) is 1. The van der Waals surface area contributed by atoms with Crippen LogP contribution >= 0.6 is 11.6 Å². The van der Waals surface area contributed by atoms with Crippen molar-refractivity contribution in [2.75, 3.05) is 17.8 Å². The van der Waals surface area contributed by atoms with Crippen LogP contribution in [0.25, 0.3) is 0 Å². The number of alkyl halides is 1. The molecule has 0 bridgehead atoms. The fourth-order valence-corrected chi connectivity index (χ4v) is 1.70. The van der Waals surface area contributed by atoms with E-state index in [1.54, 1.807) is 24.3 Å². The molecule has 0 aliphatic carbocycles. The van der Waals surface area contributed by atoms with Crippen molar-refractivity contribution in [1.29, 1.82) is 0 Å². The van der Waals surface area contributed by atoms with Gasteiger partial charge in [0, 0.05) is 18.0 Å². The Bertz CT molecular complexity index is 435. The molecular weight excluding hydrogens is 280 g/mol. The molecule has 2 amide bonds. The third-order valence-corrected chi connectivity index (χ3v) is 2.81. The first-order chi connectivity index (χ1) is 9.61. The maximum Gasteiger partial charge on any atom is 0.224 e. The zero-order chi connectivity index (χ0) is 14.8. The third-order valence-electron chi connectivity index (χ3n) is 2.54. The summed E-state index contributed by atoms with van der Waals surface area (Å²) in [7, 11) is 0. The number of rotatable bonds is 9. The lowest BCUT2D eigenvalue weighted by Crippen LogP contribution is -2.14. The van der Waals surface area contributed by atoms with Gasteiger partial charge in [0.1, 0.15) is 5.75 Å². The fourth-order valence-electron chi connectivity index (χ4n) is 1.51. The van der Waals surface area contributed by atoms with Crippen LogP contribution in [-0.4, -0.2) is 24.3 Å². The molecule has 0 radical (unpaired) electrons. The second kappa shape index (κ2) is 9.20. The van der Waals surface area contributed by atoms with Crippen LogP contribution in [0.4, 0.5) is 5.69 Å². The average molecular weight is 299 g/mol. The molecule has 110 valence electrons. The normalized spacial score (nSPS) is 10.1. The Kier molecular flexibility index (Phi) is 7.50. The fraction of sp³-hybridized carbons (Fsp3) is 0.429. The van der Waals surface area contributed by atoms with Crippen molar-refractivity contribution >= 4 is 29.1 Å². The van der Waals surface area contributed by atoms with Gasteiger partial charge in [-0.1, -0.05) is 0 Å². The number of nitrogens with two attached hydrogens (primary N) is 1. The number of benzene rings is 1. The summed E-state index contributed by atoms with van der Waals surface area (Å²) in [5, 5.41) is 2.79. The summed E-state index contributed by atoms with van der Waals surface area (Å²) < 4.78 is 5.33. The van der Waals surface area contributed by atoms with Crippen LogP contribution in [0.3, 0.4) is 0 Å². The first-order valence-electron chi connectivity index (χ1n) is 6.49. The first kappa shape index (κ1) is 16.3. The Morgan fingerprint density at radius 2 is 1.85 bits per heavy atom. The molecule has 0 aromatic heterocycles. The van der Waals surface area contributed by atoms with Gasteiger partial charge >= 0.3 is 0 Å². The number of carbonyl (C=O) groups excluding carboxylic acids is 2. The number of hydrogen-bond donors (Lipinski definition) is 2. The predicted molar refractivity (Wildman–Crippen MR) is 78.9 cm³/mol. The monoisotopic (exact) mass is 298 g/mol. The number of carbonyl (C=O) groups is 2. The zero-order valence-corrected chi connectivity index (χ0v) is 12.0. The lowest BCUT2D eigenvalue weighted by Gasteiger charge is -2.07. The summed E-state index contributed by atoms with van der Waals surface area (Å²) in [5.41, 5.74) is 5.72. The van der Waals surface area contributed by atoms with Crippen molar-refractivity contribution in [2.45, 2.75) is 25.7 Å². The summed E-state index contributed by atoms with van der Waals surface area (Å²) in [6.45, 7) is 0.249. The van der Waals surface area contributed by atoms with Gasteiger partial charge in [-0.05, 0) is 37.1 Å². The van der Waals surface area contributed by atoms with Crippen LogP contribution in [0.2, 0.25) is 0 Å². The molecule has 0 unspecified atom stereocenters.